The molecule has 0 radical (unpaired) electrons. The molecule has 1 fully saturated rings. The van der Waals surface area contributed by atoms with Crippen LogP contribution in [0.25, 0.3) is 0 Å². The predicted octanol–water partition coefficient (Wildman–Crippen LogP) is 2.39. The van der Waals surface area contributed by atoms with Crippen LogP contribution < -0.4 is 5.73 Å². The highest BCUT2D eigenvalue weighted by molar-refractivity contribution is 4.96. The molecule has 3 nitrogen and oxygen atoms in total. The number of ether oxygens (including phenoxy) is 1. The first kappa shape index (κ1) is 14.9. The van der Waals surface area contributed by atoms with E-state index in [2.05, 4.69) is 39.5 Å². The van der Waals surface area contributed by atoms with Crippen molar-refractivity contribution in [2.75, 3.05) is 19.6 Å². The van der Waals surface area contributed by atoms with Crippen molar-refractivity contribution in [3.8, 4) is 0 Å². The summed E-state index contributed by atoms with van der Waals surface area (Å²) in [5, 5.41) is 0. The number of morpholine rings is 1. The maximum absolute atomic E-state index is 6.09. The van der Waals surface area contributed by atoms with Crippen LogP contribution in [-0.2, 0) is 4.74 Å². The Morgan fingerprint density at radius 3 is 2.47 bits per heavy atom. The topological polar surface area (TPSA) is 38.5 Å². The summed E-state index contributed by atoms with van der Waals surface area (Å²) < 4.78 is 5.98. The molecule has 1 heterocycles. The van der Waals surface area contributed by atoms with Gasteiger partial charge in [0.15, 0.2) is 0 Å². The first-order valence-electron chi connectivity index (χ1n) is 7.02. The minimum Gasteiger partial charge on any atom is -0.370 e. The summed E-state index contributed by atoms with van der Waals surface area (Å²) in [6.45, 7) is 13.8. The molecule has 0 aromatic heterocycles. The Labute approximate surface area is 107 Å². The van der Waals surface area contributed by atoms with Crippen LogP contribution in [0.5, 0.6) is 0 Å². The Hall–Kier alpha value is -0.120. The van der Waals surface area contributed by atoms with Crippen molar-refractivity contribution in [3.05, 3.63) is 0 Å². The molecule has 0 aromatic rings. The third-order valence-corrected chi connectivity index (χ3v) is 3.99. The molecule has 1 rings (SSSR count). The lowest BCUT2D eigenvalue weighted by Gasteiger charge is -2.51. The van der Waals surface area contributed by atoms with Crippen LogP contribution in [-0.4, -0.2) is 41.8 Å². The molecule has 1 aliphatic heterocycles. The van der Waals surface area contributed by atoms with Crippen LogP contribution in [0.3, 0.4) is 0 Å². The molecule has 17 heavy (non-hydrogen) atoms. The molecule has 2 atom stereocenters. The normalized spacial score (nSPS) is 28.9. The Kier molecular flexibility index (Phi) is 4.99. The third kappa shape index (κ3) is 3.43. The molecule has 1 saturated heterocycles. The number of nitrogens with zero attached hydrogens (tertiary/aromatic N) is 1. The number of hydrogen-bond acceptors (Lipinski definition) is 3. The van der Waals surface area contributed by atoms with E-state index in [9.17, 15) is 0 Å². The lowest BCUT2D eigenvalue weighted by molar-refractivity contribution is -0.154. The highest BCUT2D eigenvalue weighted by Gasteiger charge is 2.41. The largest absolute Gasteiger partial charge is 0.370 e. The van der Waals surface area contributed by atoms with Gasteiger partial charge in [0.05, 0.1) is 11.7 Å². The minimum absolute atomic E-state index is 0.0546. The molecule has 0 saturated carbocycles. The maximum Gasteiger partial charge on any atom is 0.0757 e. The van der Waals surface area contributed by atoms with Crippen molar-refractivity contribution in [1.82, 2.24) is 4.90 Å². The SMILES string of the molecule is CCCC(CC)(CN)N1CC(C)OC(C)(C)C1. The summed E-state index contributed by atoms with van der Waals surface area (Å²) in [7, 11) is 0. The van der Waals surface area contributed by atoms with E-state index in [4.69, 9.17) is 10.5 Å². The second-order valence-corrected chi connectivity index (χ2v) is 6.10. The Morgan fingerprint density at radius 1 is 1.41 bits per heavy atom. The van der Waals surface area contributed by atoms with Crippen LogP contribution >= 0.6 is 0 Å². The van der Waals surface area contributed by atoms with Gasteiger partial charge in [-0.25, -0.2) is 0 Å². The molecule has 0 bridgehead atoms. The van der Waals surface area contributed by atoms with Crippen molar-refractivity contribution >= 4 is 0 Å². The van der Waals surface area contributed by atoms with Gasteiger partial charge in [0.2, 0.25) is 0 Å². The third-order valence-electron chi connectivity index (χ3n) is 3.99. The summed E-state index contributed by atoms with van der Waals surface area (Å²) >= 11 is 0. The quantitative estimate of drug-likeness (QED) is 0.804. The van der Waals surface area contributed by atoms with Crippen LogP contribution in [0.2, 0.25) is 0 Å². The van der Waals surface area contributed by atoms with Gasteiger partial charge in [0.1, 0.15) is 0 Å². The molecular formula is C14H30N2O. The molecule has 102 valence electrons. The lowest BCUT2D eigenvalue weighted by atomic mass is 9.86. The van der Waals surface area contributed by atoms with Gasteiger partial charge in [-0.05, 0) is 33.6 Å². The van der Waals surface area contributed by atoms with E-state index in [-0.39, 0.29) is 11.1 Å². The van der Waals surface area contributed by atoms with Gasteiger partial charge in [-0.3, -0.25) is 4.90 Å². The van der Waals surface area contributed by atoms with Crippen molar-refractivity contribution in [2.45, 2.75) is 71.1 Å². The number of nitrogens with two attached hydrogens (primary N) is 1. The standard InChI is InChI=1S/C14H30N2O/c1-6-8-14(7-2,10-15)16-9-12(3)17-13(4,5)11-16/h12H,6-11,15H2,1-5H3. The second kappa shape index (κ2) is 5.68. The Balaban J connectivity index is 2.86. The van der Waals surface area contributed by atoms with Gasteiger partial charge in [-0.15, -0.1) is 0 Å². The molecule has 2 N–H and O–H groups in total. The van der Waals surface area contributed by atoms with Crippen LogP contribution in [0, 0.1) is 0 Å². The lowest BCUT2D eigenvalue weighted by Crippen LogP contribution is -2.63. The highest BCUT2D eigenvalue weighted by Crippen LogP contribution is 2.31. The van der Waals surface area contributed by atoms with Crippen LogP contribution in [0.1, 0.15) is 53.9 Å². The minimum atomic E-state index is -0.0546. The Bertz CT molecular complexity index is 236. The van der Waals surface area contributed by atoms with E-state index < -0.39 is 0 Å². The predicted molar refractivity (Wildman–Crippen MR) is 73.2 cm³/mol. The smallest absolute Gasteiger partial charge is 0.0757 e. The van der Waals surface area contributed by atoms with Crippen molar-refractivity contribution in [3.63, 3.8) is 0 Å². The van der Waals surface area contributed by atoms with Crippen LogP contribution in [0.4, 0.5) is 0 Å². The molecular weight excluding hydrogens is 212 g/mol. The van der Waals surface area contributed by atoms with E-state index in [0.717, 1.165) is 26.1 Å². The summed E-state index contributed by atoms with van der Waals surface area (Å²) in [6, 6.07) is 0. The van der Waals surface area contributed by atoms with Gasteiger partial charge in [0, 0.05) is 25.2 Å². The van der Waals surface area contributed by atoms with Gasteiger partial charge >= 0.3 is 0 Å². The first-order valence-corrected chi connectivity index (χ1v) is 7.02. The monoisotopic (exact) mass is 242 g/mol. The number of hydrogen-bond donors (Lipinski definition) is 1. The highest BCUT2D eigenvalue weighted by atomic mass is 16.5. The molecule has 0 aromatic carbocycles. The summed E-state index contributed by atoms with van der Waals surface area (Å²) in [5.41, 5.74) is 6.20. The molecule has 0 spiro atoms. The fourth-order valence-corrected chi connectivity index (χ4v) is 3.21. The van der Waals surface area contributed by atoms with Crippen LogP contribution in [0.15, 0.2) is 0 Å². The number of rotatable bonds is 5. The van der Waals surface area contributed by atoms with E-state index >= 15 is 0 Å². The molecule has 0 aliphatic carbocycles. The van der Waals surface area contributed by atoms with Crippen molar-refractivity contribution < 1.29 is 4.74 Å². The zero-order chi connectivity index (χ0) is 13.1. The average Bonchev–Trinajstić information content (AvgIpc) is 2.23. The van der Waals surface area contributed by atoms with Crippen molar-refractivity contribution in [1.29, 1.82) is 0 Å². The summed E-state index contributed by atoms with van der Waals surface area (Å²) in [6.07, 6.45) is 3.80. The fourth-order valence-electron chi connectivity index (χ4n) is 3.21. The maximum atomic E-state index is 6.09. The molecule has 1 aliphatic rings. The van der Waals surface area contributed by atoms with E-state index in [1.807, 2.05) is 0 Å². The second-order valence-electron chi connectivity index (χ2n) is 6.10. The zero-order valence-corrected chi connectivity index (χ0v) is 12.3. The molecule has 2 unspecified atom stereocenters. The van der Waals surface area contributed by atoms with E-state index in [0.29, 0.717) is 6.10 Å². The summed E-state index contributed by atoms with van der Waals surface area (Å²) in [4.78, 5) is 2.57. The summed E-state index contributed by atoms with van der Waals surface area (Å²) in [5.74, 6) is 0. The average molecular weight is 242 g/mol. The Morgan fingerprint density at radius 2 is 2.06 bits per heavy atom. The van der Waals surface area contributed by atoms with Gasteiger partial charge < -0.3 is 10.5 Å². The van der Waals surface area contributed by atoms with E-state index in [1.165, 1.54) is 12.8 Å². The van der Waals surface area contributed by atoms with Gasteiger partial charge in [0.25, 0.3) is 0 Å². The van der Waals surface area contributed by atoms with Gasteiger partial charge in [-0.2, -0.15) is 0 Å². The molecule has 0 amide bonds. The first-order chi connectivity index (χ1) is 7.89. The van der Waals surface area contributed by atoms with Crippen molar-refractivity contribution in [2.24, 2.45) is 5.73 Å². The molecule has 3 heteroatoms. The van der Waals surface area contributed by atoms with Gasteiger partial charge in [-0.1, -0.05) is 20.3 Å². The fraction of sp³-hybridized carbons (Fsp3) is 1.00. The zero-order valence-electron chi connectivity index (χ0n) is 12.3. The van der Waals surface area contributed by atoms with E-state index in [1.54, 1.807) is 0 Å².